The van der Waals surface area contributed by atoms with E-state index in [1.165, 1.54) is 19.3 Å². The minimum Gasteiger partial charge on any atom is -0.393 e. The Kier molecular flexibility index (Phi) is 3.42. The number of piperidine rings is 1. The summed E-state index contributed by atoms with van der Waals surface area (Å²) in [4.78, 5) is 2.55. The van der Waals surface area contributed by atoms with Gasteiger partial charge in [0.15, 0.2) is 0 Å². The van der Waals surface area contributed by atoms with E-state index in [1.807, 2.05) is 0 Å². The van der Waals surface area contributed by atoms with E-state index in [2.05, 4.69) is 4.90 Å². The molecule has 0 aromatic rings. The quantitative estimate of drug-likeness (QED) is 0.682. The first-order valence-electron chi connectivity index (χ1n) is 5.93. The van der Waals surface area contributed by atoms with E-state index in [9.17, 15) is 5.11 Å². The predicted molar refractivity (Wildman–Crippen MR) is 57.0 cm³/mol. The van der Waals surface area contributed by atoms with Crippen molar-refractivity contribution in [1.29, 1.82) is 0 Å². The Morgan fingerprint density at radius 3 is 2.50 bits per heavy atom. The van der Waals surface area contributed by atoms with E-state index in [0.717, 1.165) is 32.5 Å². The molecule has 2 unspecified atom stereocenters. The van der Waals surface area contributed by atoms with Crippen molar-refractivity contribution in [3.8, 4) is 0 Å². The van der Waals surface area contributed by atoms with Crippen molar-refractivity contribution >= 4 is 0 Å². The molecule has 1 heterocycles. The smallest absolute Gasteiger partial charge is 0.0564 e. The molecule has 3 N–H and O–H groups in total. The minimum atomic E-state index is -0.0519. The number of hydrogen-bond donors (Lipinski definition) is 2. The Hall–Kier alpha value is -0.120. The lowest BCUT2D eigenvalue weighted by molar-refractivity contribution is 0.0514. The molecule has 82 valence electrons. The van der Waals surface area contributed by atoms with E-state index < -0.39 is 0 Å². The third-order valence-corrected chi connectivity index (χ3v) is 3.89. The van der Waals surface area contributed by atoms with Crippen molar-refractivity contribution in [3.05, 3.63) is 0 Å². The monoisotopic (exact) mass is 198 g/mol. The Morgan fingerprint density at radius 2 is 1.86 bits per heavy atom. The highest BCUT2D eigenvalue weighted by atomic mass is 16.3. The number of rotatable bonds is 2. The van der Waals surface area contributed by atoms with Gasteiger partial charge in [0.05, 0.1) is 6.10 Å². The number of nitrogens with two attached hydrogens (primary N) is 1. The first-order chi connectivity index (χ1) is 6.81. The zero-order valence-corrected chi connectivity index (χ0v) is 8.86. The fourth-order valence-corrected chi connectivity index (χ4v) is 2.99. The average molecular weight is 198 g/mol. The van der Waals surface area contributed by atoms with Gasteiger partial charge in [-0.3, -0.25) is 4.90 Å². The van der Waals surface area contributed by atoms with Crippen LogP contribution in [0.25, 0.3) is 0 Å². The lowest BCUT2D eigenvalue weighted by Gasteiger charge is -2.37. The first-order valence-corrected chi connectivity index (χ1v) is 5.93. The second-order valence-corrected chi connectivity index (χ2v) is 4.76. The summed E-state index contributed by atoms with van der Waals surface area (Å²) >= 11 is 0. The molecule has 0 spiro atoms. The highest BCUT2D eigenvalue weighted by Gasteiger charge is 2.32. The molecule has 1 aliphatic carbocycles. The van der Waals surface area contributed by atoms with Gasteiger partial charge in [0.25, 0.3) is 0 Å². The van der Waals surface area contributed by atoms with Crippen LogP contribution in [0.2, 0.25) is 0 Å². The van der Waals surface area contributed by atoms with E-state index in [4.69, 9.17) is 5.73 Å². The molecule has 1 aliphatic heterocycles. The number of likely N-dealkylation sites (tertiary alicyclic amines) is 1. The van der Waals surface area contributed by atoms with Gasteiger partial charge in [0.2, 0.25) is 0 Å². The van der Waals surface area contributed by atoms with Gasteiger partial charge in [-0.1, -0.05) is 6.42 Å². The predicted octanol–water partition coefficient (Wildman–Crippen LogP) is 0.570. The molecule has 3 nitrogen and oxygen atoms in total. The molecular formula is C11H22N2O. The molecule has 1 saturated carbocycles. The fourth-order valence-electron chi connectivity index (χ4n) is 2.99. The van der Waals surface area contributed by atoms with Gasteiger partial charge in [-0.15, -0.1) is 0 Å². The van der Waals surface area contributed by atoms with Crippen LogP contribution < -0.4 is 5.73 Å². The first kappa shape index (κ1) is 10.4. The highest BCUT2D eigenvalue weighted by Crippen LogP contribution is 2.30. The molecule has 0 amide bonds. The molecular weight excluding hydrogens is 176 g/mol. The van der Waals surface area contributed by atoms with Crippen LogP contribution in [0.4, 0.5) is 0 Å². The summed E-state index contributed by atoms with van der Waals surface area (Å²) in [5, 5.41) is 9.44. The van der Waals surface area contributed by atoms with E-state index in [1.54, 1.807) is 0 Å². The lowest BCUT2D eigenvalue weighted by Crippen LogP contribution is -2.45. The molecule has 0 radical (unpaired) electrons. The molecule has 0 bridgehead atoms. The maximum Gasteiger partial charge on any atom is 0.0564 e. The summed E-state index contributed by atoms with van der Waals surface area (Å²) in [6, 6.07) is 0.715. The molecule has 2 fully saturated rings. The molecule has 2 aliphatic rings. The van der Waals surface area contributed by atoms with Gasteiger partial charge in [0.1, 0.15) is 0 Å². The zero-order valence-electron chi connectivity index (χ0n) is 8.86. The van der Waals surface area contributed by atoms with Gasteiger partial charge in [-0.05, 0) is 38.1 Å². The topological polar surface area (TPSA) is 49.5 Å². The number of aliphatic hydroxyl groups excluding tert-OH is 1. The molecule has 0 aromatic heterocycles. The number of aliphatic hydroxyl groups is 1. The van der Waals surface area contributed by atoms with Crippen molar-refractivity contribution in [2.24, 2.45) is 11.7 Å². The summed E-state index contributed by atoms with van der Waals surface area (Å²) < 4.78 is 0. The van der Waals surface area contributed by atoms with E-state index in [0.29, 0.717) is 12.0 Å². The third-order valence-electron chi connectivity index (χ3n) is 3.89. The standard InChI is InChI=1S/C11H22N2O/c12-8-9-2-1-3-11(9)13-6-4-10(14)5-7-13/h9-11,14H,1-8,12H2. The highest BCUT2D eigenvalue weighted by molar-refractivity contribution is 4.88. The van der Waals surface area contributed by atoms with Crippen LogP contribution in [-0.4, -0.2) is 41.8 Å². The van der Waals surface area contributed by atoms with E-state index in [-0.39, 0.29) is 6.10 Å². The van der Waals surface area contributed by atoms with Crippen molar-refractivity contribution in [2.75, 3.05) is 19.6 Å². The largest absolute Gasteiger partial charge is 0.393 e. The zero-order chi connectivity index (χ0) is 9.97. The Labute approximate surface area is 86.3 Å². The lowest BCUT2D eigenvalue weighted by atomic mass is 9.98. The van der Waals surface area contributed by atoms with Gasteiger partial charge in [0, 0.05) is 19.1 Å². The van der Waals surface area contributed by atoms with Crippen LogP contribution >= 0.6 is 0 Å². The SMILES string of the molecule is NCC1CCCC1N1CCC(O)CC1. The van der Waals surface area contributed by atoms with Gasteiger partial charge >= 0.3 is 0 Å². The van der Waals surface area contributed by atoms with Gasteiger partial charge < -0.3 is 10.8 Å². The fraction of sp³-hybridized carbons (Fsp3) is 1.00. The molecule has 1 saturated heterocycles. The van der Waals surface area contributed by atoms with Crippen LogP contribution in [0.5, 0.6) is 0 Å². The van der Waals surface area contributed by atoms with Gasteiger partial charge in [-0.25, -0.2) is 0 Å². The normalized spacial score (nSPS) is 36.4. The summed E-state index contributed by atoms with van der Waals surface area (Å²) in [6.45, 7) is 2.98. The van der Waals surface area contributed by atoms with Crippen LogP contribution in [-0.2, 0) is 0 Å². The Balaban J connectivity index is 1.88. The average Bonchev–Trinajstić information content (AvgIpc) is 2.67. The maximum atomic E-state index is 9.44. The van der Waals surface area contributed by atoms with E-state index >= 15 is 0 Å². The summed E-state index contributed by atoms with van der Waals surface area (Å²) in [6.07, 6.45) is 5.81. The minimum absolute atomic E-state index is 0.0519. The maximum absolute atomic E-state index is 9.44. The second-order valence-electron chi connectivity index (χ2n) is 4.76. The summed E-state index contributed by atoms with van der Waals surface area (Å²) in [5.74, 6) is 0.713. The molecule has 0 aromatic carbocycles. The van der Waals surface area contributed by atoms with Crippen LogP contribution in [0.1, 0.15) is 32.1 Å². The number of hydrogen-bond acceptors (Lipinski definition) is 3. The molecule has 3 heteroatoms. The van der Waals surface area contributed by atoms with Crippen molar-refractivity contribution in [1.82, 2.24) is 4.90 Å². The van der Waals surface area contributed by atoms with Crippen molar-refractivity contribution < 1.29 is 5.11 Å². The van der Waals surface area contributed by atoms with Crippen LogP contribution in [0.15, 0.2) is 0 Å². The van der Waals surface area contributed by atoms with Crippen LogP contribution in [0.3, 0.4) is 0 Å². The molecule has 2 rings (SSSR count). The molecule has 14 heavy (non-hydrogen) atoms. The van der Waals surface area contributed by atoms with Crippen molar-refractivity contribution in [2.45, 2.75) is 44.2 Å². The number of nitrogens with zero attached hydrogens (tertiary/aromatic N) is 1. The Morgan fingerprint density at radius 1 is 1.14 bits per heavy atom. The summed E-state index contributed by atoms with van der Waals surface area (Å²) in [7, 11) is 0. The second kappa shape index (κ2) is 4.60. The third kappa shape index (κ3) is 2.10. The Bertz CT molecular complexity index is 178. The van der Waals surface area contributed by atoms with Crippen LogP contribution in [0, 0.1) is 5.92 Å². The molecule has 2 atom stereocenters. The summed E-state index contributed by atoms with van der Waals surface area (Å²) in [5.41, 5.74) is 5.78. The van der Waals surface area contributed by atoms with Crippen molar-refractivity contribution in [3.63, 3.8) is 0 Å². The van der Waals surface area contributed by atoms with Gasteiger partial charge in [-0.2, -0.15) is 0 Å².